The number of nitrogens with one attached hydrogen (secondary N) is 2. The number of carbonyl (C=O) groups excluding carboxylic acids is 1. The van der Waals surface area contributed by atoms with Crippen molar-refractivity contribution in [1.82, 2.24) is 10.3 Å². The van der Waals surface area contributed by atoms with E-state index in [2.05, 4.69) is 15.6 Å². The van der Waals surface area contributed by atoms with Crippen molar-refractivity contribution in [1.29, 1.82) is 0 Å². The number of hydrogen-bond acceptors (Lipinski definition) is 4. The molecule has 3 rings (SSSR count). The Morgan fingerprint density at radius 1 is 1.39 bits per heavy atom. The monoisotopic (exact) mass is 315 g/mol. The lowest BCUT2D eigenvalue weighted by Crippen LogP contribution is -2.50. The molecule has 6 nitrogen and oxygen atoms in total. The number of aromatic nitrogens is 1. The van der Waals surface area contributed by atoms with Crippen molar-refractivity contribution < 1.29 is 14.3 Å². The molecule has 0 atom stereocenters. The average Bonchev–Trinajstić information content (AvgIpc) is 3.21. The molecule has 0 radical (unpaired) electrons. The minimum atomic E-state index is -0.488. The zero-order valence-corrected chi connectivity index (χ0v) is 13.1. The molecular weight excluding hydrogens is 294 g/mol. The van der Waals surface area contributed by atoms with Crippen LogP contribution in [0, 0.1) is 6.92 Å². The van der Waals surface area contributed by atoms with E-state index >= 15 is 0 Å². The molecular formula is C17H21N3O3. The summed E-state index contributed by atoms with van der Waals surface area (Å²) in [5, 5.41) is 15.4. The van der Waals surface area contributed by atoms with Crippen LogP contribution in [-0.2, 0) is 0 Å². The Morgan fingerprint density at radius 3 is 2.83 bits per heavy atom. The van der Waals surface area contributed by atoms with E-state index in [1.807, 2.05) is 25.1 Å². The van der Waals surface area contributed by atoms with E-state index in [0.717, 1.165) is 36.8 Å². The standard InChI is InChI=1S/C17H21N3O3/c1-12-4-5-13(15-18-8-9-23-15)10-14(12)19-16(22)20-17(11-21)6-2-3-7-17/h4-5,8-10,21H,2-3,6-7,11H2,1H3,(H2,19,20,22). The van der Waals surface area contributed by atoms with Crippen molar-refractivity contribution in [3.63, 3.8) is 0 Å². The fourth-order valence-electron chi connectivity index (χ4n) is 3.02. The van der Waals surface area contributed by atoms with Gasteiger partial charge in [-0.1, -0.05) is 18.9 Å². The third kappa shape index (κ3) is 3.37. The quantitative estimate of drug-likeness (QED) is 0.809. The lowest BCUT2D eigenvalue weighted by Gasteiger charge is -2.28. The van der Waals surface area contributed by atoms with Gasteiger partial charge in [-0.05, 0) is 37.5 Å². The summed E-state index contributed by atoms with van der Waals surface area (Å²) in [7, 11) is 0. The fourth-order valence-corrected chi connectivity index (χ4v) is 3.02. The summed E-state index contributed by atoms with van der Waals surface area (Å²) >= 11 is 0. The van der Waals surface area contributed by atoms with Crippen LogP contribution in [0.15, 0.2) is 35.1 Å². The molecule has 3 N–H and O–H groups in total. The van der Waals surface area contributed by atoms with Gasteiger partial charge in [0.25, 0.3) is 0 Å². The van der Waals surface area contributed by atoms with Crippen LogP contribution in [0.1, 0.15) is 31.2 Å². The van der Waals surface area contributed by atoms with Gasteiger partial charge in [0, 0.05) is 11.3 Å². The normalized spacial score (nSPS) is 16.3. The number of oxazole rings is 1. The van der Waals surface area contributed by atoms with Crippen molar-refractivity contribution in [2.24, 2.45) is 0 Å². The number of carbonyl (C=O) groups is 1. The van der Waals surface area contributed by atoms with Gasteiger partial charge in [-0.25, -0.2) is 9.78 Å². The van der Waals surface area contributed by atoms with Crippen LogP contribution < -0.4 is 10.6 Å². The zero-order chi connectivity index (χ0) is 16.3. The van der Waals surface area contributed by atoms with Gasteiger partial charge in [-0.2, -0.15) is 0 Å². The number of benzene rings is 1. The minimum Gasteiger partial charge on any atom is -0.445 e. The molecule has 0 unspecified atom stereocenters. The first kappa shape index (κ1) is 15.6. The second-order valence-electron chi connectivity index (χ2n) is 6.09. The molecule has 0 spiro atoms. The van der Waals surface area contributed by atoms with Gasteiger partial charge >= 0.3 is 6.03 Å². The molecule has 1 aliphatic carbocycles. The van der Waals surface area contributed by atoms with Gasteiger partial charge < -0.3 is 20.2 Å². The van der Waals surface area contributed by atoms with E-state index < -0.39 is 5.54 Å². The number of anilines is 1. The summed E-state index contributed by atoms with van der Waals surface area (Å²) in [6, 6.07) is 5.35. The van der Waals surface area contributed by atoms with E-state index in [4.69, 9.17) is 4.42 Å². The van der Waals surface area contributed by atoms with Gasteiger partial charge in [-0.15, -0.1) is 0 Å². The number of hydrogen-bond donors (Lipinski definition) is 3. The Balaban J connectivity index is 1.74. The lowest BCUT2D eigenvalue weighted by molar-refractivity contribution is 0.167. The number of rotatable bonds is 4. The first-order valence-electron chi connectivity index (χ1n) is 7.82. The van der Waals surface area contributed by atoms with E-state index in [1.54, 1.807) is 6.20 Å². The molecule has 1 heterocycles. The predicted octanol–water partition coefficient (Wildman–Crippen LogP) is 3.08. The molecule has 23 heavy (non-hydrogen) atoms. The van der Waals surface area contributed by atoms with Gasteiger partial charge in [0.1, 0.15) is 6.26 Å². The number of urea groups is 1. The number of nitrogens with zero attached hydrogens (tertiary/aromatic N) is 1. The van der Waals surface area contributed by atoms with Gasteiger partial charge in [-0.3, -0.25) is 0 Å². The number of amides is 2. The second-order valence-corrected chi connectivity index (χ2v) is 6.09. The van der Waals surface area contributed by atoms with Gasteiger partial charge in [0.15, 0.2) is 0 Å². The number of aliphatic hydroxyl groups excluding tert-OH is 1. The van der Waals surface area contributed by atoms with E-state index in [1.165, 1.54) is 6.26 Å². The van der Waals surface area contributed by atoms with Crippen molar-refractivity contribution in [2.75, 3.05) is 11.9 Å². The highest BCUT2D eigenvalue weighted by molar-refractivity contribution is 5.91. The smallest absolute Gasteiger partial charge is 0.319 e. The van der Waals surface area contributed by atoms with Crippen LogP contribution in [0.5, 0.6) is 0 Å². The molecule has 0 saturated heterocycles. The maximum absolute atomic E-state index is 12.3. The minimum absolute atomic E-state index is 0.0320. The maximum Gasteiger partial charge on any atom is 0.319 e. The van der Waals surface area contributed by atoms with E-state index in [0.29, 0.717) is 11.6 Å². The van der Waals surface area contributed by atoms with Gasteiger partial charge in [0.05, 0.1) is 18.3 Å². The van der Waals surface area contributed by atoms with Crippen LogP contribution in [0.4, 0.5) is 10.5 Å². The summed E-state index contributed by atoms with van der Waals surface area (Å²) in [4.78, 5) is 16.4. The number of aliphatic hydroxyl groups is 1. The molecule has 1 aromatic carbocycles. The number of aryl methyl sites for hydroxylation is 1. The molecule has 2 aromatic rings. The third-order valence-electron chi connectivity index (χ3n) is 4.41. The third-order valence-corrected chi connectivity index (χ3v) is 4.41. The highest BCUT2D eigenvalue weighted by atomic mass is 16.3. The fraction of sp³-hybridized carbons (Fsp3) is 0.412. The van der Waals surface area contributed by atoms with Crippen LogP contribution in [0.3, 0.4) is 0 Å². The van der Waals surface area contributed by atoms with E-state index in [-0.39, 0.29) is 12.6 Å². The molecule has 0 aliphatic heterocycles. The highest BCUT2D eigenvalue weighted by Crippen LogP contribution is 2.29. The molecule has 1 fully saturated rings. The summed E-state index contributed by atoms with van der Waals surface area (Å²) < 4.78 is 5.29. The Hall–Kier alpha value is -2.34. The Labute approximate surface area is 134 Å². The predicted molar refractivity (Wildman–Crippen MR) is 87.1 cm³/mol. The van der Waals surface area contributed by atoms with Crippen LogP contribution in [0.25, 0.3) is 11.5 Å². The zero-order valence-electron chi connectivity index (χ0n) is 13.1. The first-order valence-corrected chi connectivity index (χ1v) is 7.82. The molecule has 122 valence electrons. The second kappa shape index (κ2) is 6.42. The Kier molecular flexibility index (Phi) is 4.34. The van der Waals surface area contributed by atoms with Crippen LogP contribution in [-0.4, -0.2) is 28.3 Å². The summed E-state index contributed by atoms with van der Waals surface area (Å²) in [6.07, 6.45) is 6.78. The van der Waals surface area contributed by atoms with Crippen LogP contribution in [0.2, 0.25) is 0 Å². The largest absolute Gasteiger partial charge is 0.445 e. The highest BCUT2D eigenvalue weighted by Gasteiger charge is 2.34. The SMILES string of the molecule is Cc1ccc(-c2ncco2)cc1NC(=O)NC1(CO)CCCC1. The molecule has 0 bridgehead atoms. The lowest BCUT2D eigenvalue weighted by atomic mass is 9.99. The maximum atomic E-state index is 12.3. The molecule has 1 saturated carbocycles. The summed E-state index contributed by atoms with van der Waals surface area (Å²) in [5.74, 6) is 0.510. The first-order chi connectivity index (χ1) is 11.1. The summed E-state index contributed by atoms with van der Waals surface area (Å²) in [5.41, 5.74) is 1.95. The van der Waals surface area contributed by atoms with Crippen molar-refractivity contribution >= 4 is 11.7 Å². The average molecular weight is 315 g/mol. The molecule has 1 aromatic heterocycles. The van der Waals surface area contributed by atoms with Crippen molar-refractivity contribution in [2.45, 2.75) is 38.1 Å². The molecule has 1 aliphatic rings. The van der Waals surface area contributed by atoms with Crippen molar-refractivity contribution in [3.8, 4) is 11.5 Å². The summed E-state index contributed by atoms with van der Waals surface area (Å²) in [6.45, 7) is 1.89. The molecule has 6 heteroatoms. The topological polar surface area (TPSA) is 87.4 Å². The van der Waals surface area contributed by atoms with E-state index in [9.17, 15) is 9.90 Å². The molecule has 2 amide bonds. The van der Waals surface area contributed by atoms with Gasteiger partial charge in [0.2, 0.25) is 5.89 Å². The Morgan fingerprint density at radius 2 is 2.17 bits per heavy atom. The van der Waals surface area contributed by atoms with Crippen molar-refractivity contribution in [3.05, 3.63) is 36.2 Å². The van der Waals surface area contributed by atoms with Crippen LogP contribution >= 0.6 is 0 Å². The Bertz CT molecular complexity index is 676.